The number of ether oxygens (including phenoxy) is 1. The zero-order chi connectivity index (χ0) is 14.9. The van der Waals surface area contributed by atoms with E-state index in [1.807, 2.05) is 0 Å². The molecule has 1 atom stereocenters. The molecule has 0 aliphatic carbocycles. The van der Waals surface area contributed by atoms with Gasteiger partial charge in [0.2, 0.25) is 0 Å². The molecule has 110 valence electrons. The number of fused-ring (bicyclic) bond motifs is 1. The minimum Gasteiger partial charge on any atom is -0.491 e. The van der Waals surface area contributed by atoms with Crippen LogP contribution in [0.2, 0.25) is 0 Å². The summed E-state index contributed by atoms with van der Waals surface area (Å²) in [6, 6.07) is 6.78. The smallest absolute Gasteiger partial charge is 0.120 e. The molecule has 0 bridgehead atoms. The Morgan fingerprint density at radius 2 is 1.95 bits per heavy atom. The van der Waals surface area contributed by atoms with Crippen LogP contribution in [0, 0.1) is 6.92 Å². The SMILES string of the molecule is CC[C@@H](C)Oc1ccc2c(c1)c(CN)c(C)n2C(C)C. The lowest BCUT2D eigenvalue weighted by molar-refractivity contribution is 0.217. The minimum atomic E-state index is 0.238. The summed E-state index contributed by atoms with van der Waals surface area (Å²) in [7, 11) is 0. The first-order chi connectivity index (χ1) is 9.49. The second kappa shape index (κ2) is 5.88. The van der Waals surface area contributed by atoms with Crippen molar-refractivity contribution in [1.29, 1.82) is 0 Å². The molecule has 0 radical (unpaired) electrons. The lowest BCUT2D eigenvalue weighted by Gasteiger charge is -2.14. The van der Waals surface area contributed by atoms with Crippen molar-refractivity contribution in [2.24, 2.45) is 5.73 Å². The molecule has 1 aromatic heterocycles. The van der Waals surface area contributed by atoms with Crippen LogP contribution in [-0.2, 0) is 6.54 Å². The predicted octanol–water partition coefficient (Wildman–Crippen LogP) is 4.17. The normalized spacial score (nSPS) is 13.2. The monoisotopic (exact) mass is 274 g/mol. The quantitative estimate of drug-likeness (QED) is 0.889. The molecule has 0 unspecified atom stereocenters. The molecule has 20 heavy (non-hydrogen) atoms. The van der Waals surface area contributed by atoms with Gasteiger partial charge < -0.3 is 15.0 Å². The molecule has 0 amide bonds. The molecule has 0 aliphatic rings. The third-order valence-corrected chi connectivity index (χ3v) is 3.98. The Hall–Kier alpha value is -1.48. The molecule has 3 heteroatoms. The Labute approximate surface area is 121 Å². The highest BCUT2D eigenvalue weighted by Crippen LogP contribution is 2.32. The van der Waals surface area contributed by atoms with Crippen molar-refractivity contribution < 1.29 is 4.74 Å². The second-order valence-electron chi connectivity index (χ2n) is 5.75. The average molecular weight is 274 g/mol. The molecule has 0 saturated heterocycles. The van der Waals surface area contributed by atoms with E-state index in [1.165, 1.54) is 22.2 Å². The lowest BCUT2D eigenvalue weighted by atomic mass is 10.1. The Bertz CT molecular complexity index is 599. The lowest BCUT2D eigenvalue weighted by Crippen LogP contribution is -2.09. The van der Waals surface area contributed by atoms with Crippen LogP contribution in [0.1, 0.15) is 51.4 Å². The van der Waals surface area contributed by atoms with Crippen LogP contribution in [0.4, 0.5) is 0 Å². The van der Waals surface area contributed by atoms with Crippen LogP contribution in [0.3, 0.4) is 0 Å². The first kappa shape index (κ1) is 14.9. The third kappa shape index (κ3) is 2.55. The number of nitrogens with two attached hydrogens (primary N) is 1. The molecule has 2 N–H and O–H groups in total. The molecule has 0 fully saturated rings. The number of nitrogens with zero attached hydrogens (tertiary/aromatic N) is 1. The molecule has 2 aromatic rings. The van der Waals surface area contributed by atoms with E-state index in [2.05, 4.69) is 57.4 Å². The average Bonchev–Trinajstić information content (AvgIpc) is 2.69. The van der Waals surface area contributed by atoms with E-state index in [-0.39, 0.29) is 6.10 Å². The van der Waals surface area contributed by atoms with Gasteiger partial charge in [-0.15, -0.1) is 0 Å². The molecule has 0 aliphatic heterocycles. The molecule has 3 nitrogen and oxygen atoms in total. The number of rotatable bonds is 5. The largest absolute Gasteiger partial charge is 0.491 e. The van der Waals surface area contributed by atoms with Crippen LogP contribution in [-0.4, -0.2) is 10.7 Å². The summed E-state index contributed by atoms with van der Waals surface area (Å²) in [5, 5.41) is 1.22. The van der Waals surface area contributed by atoms with E-state index in [1.54, 1.807) is 0 Å². The van der Waals surface area contributed by atoms with Crippen LogP contribution in [0.15, 0.2) is 18.2 Å². The van der Waals surface area contributed by atoms with E-state index >= 15 is 0 Å². The summed E-state index contributed by atoms with van der Waals surface area (Å²) in [6.07, 6.45) is 1.25. The van der Waals surface area contributed by atoms with Crippen molar-refractivity contribution >= 4 is 10.9 Å². The summed E-state index contributed by atoms with van der Waals surface area (Å²) in [4.78, 5) is 0. The standard InChI is InChI=1S/C17H26N2O/c1-6-12(4)20-14-7-8-17-15(9-14)16(10-18)13(5)19(17)11(2)3/h7-9,11-12H,6,10,18H2,1-5H3/t12-/m1/s1. The van der Waals surface area contributed by atoms with Gasteiger partial charge >= 0.3 is 0 Å². The number of benzene rings is 1. The number of hydrogen-bond acceptors (Lipinski definition) is 2. The van der Waals surface area contributed by atoms with Gasteiger partial charge in [0.05, 0.1) is 6.10 Å². The van der Waals surface area contributed by atoms with E-state index in [0.29, 0.717) is 12.6 Å². The van der Waals surface area contributed by atoms with Crippen molar-refractivity contribution in [3.05, 3.63) is 29.5 Å². The van der Waals surface area contributed by atoms with Gasteiger partial charge in [-0.25, -0.2) is 0 Å². The van der Waals surface area contributed by atoms with Gasteiger partial charge in [0.1, 0.15) is 5.75 Å². The van der Waals surface area contributed by atoms with Crippen LogP contribution < -0.4 is 10.5 Å². The Kier molecular flexibility index (Phi) is 4.39. The number of hydrogen-bond donors (Lipinski definition) is 1. The molecule has 1 aromatic carbocycles. The summed E-state index contributed by atoms with van der Waals surface area (Å²) < 4.78 is 8.28. The highest BCUT2D eigenvalue weighted by Gasteiger charge is 2.15. The fourth-order valence-corrected chi connectivity index (χ4v) is 2.80. The van der Waals surface area contributed by atoms with Gasteiger partial charge in [0.15, 0.2) is 0 Å². The first-order valence-electron chi connectivity index (χ1n) is 7.49. The Balaban J connectivity index is 2.57. The van der Waals surface area contributed by atoms with Crippen LogP contribution in [0.25, 0.3) is 10.9 Å². The van der Waals surface area contributed by atoms with E-state index in [9.17, 15) is 0 Å². The van der Waals surface area contributed by atoms with Gasteiger partial charge in [-0.3, -0.25) is 0 Å². The Morgan fingerprint density at radius 1 is 1.25 bits per heavy atom. The second-order valence-corrected chi connectivity index (χ2v) is 5.75. The Morgan fingerprint density at radius 3 is 2.50 bits per heavy atom. The third-order valence-electron chi connectivity index (χ3n) is 3.98. The molecule has 0 saturated carbocycles. The minimum absolute atomic E-state index is 0.238. The zero-order valence-electron chi connectivity index (χ0n) is 13.2. The molecular formula is C17H26N2O. The molecule has 2 rings (SSSR count). The van der Waals surface area contributed by atoms with E-state index < -0.39 is 0 Å². The first-order valence-corrected chi connectivity index (χ1v) is 7.49. The van der Waals surface area contributed by atoms with Crippen molar-refractivity contribution in [1.82, 2.24) is 4.57 Å². The van der Waals surface area contributed by atoms with Crippen molar-refractivity contribution in [2.75, 3.05) is 0 Å². The van der Waals surface area contributed by atoms with Crippen LogP contribution in [0.5, 0.6) is 5.75 Å². The molecule has 1 heterocycles. The van der Waals surface area contributed by atoms with Crippen molar-refractivity contribution in [3.8, 4) is 5.75 Å². The fraction of sp³-hybridized carbons (Fsp3) is 0.529. The maximum atomic E-state index is 5.95. The maximum absolute atomic E-state index is 5.95. The molecule has 0 spiro atoms. The highest BCUT2D eigenvalue weighted by molar-refractivity contribution is 5.87. The van der Waals surface area contributed by atoms with Gasteiger partial charge in [-0.1, -0.05) is 6.92 Å². The molecular weight excluding hydrogens is 248 g/mol. The number of aromatic nitrogens is 1. The van der Waals surface area contributed by atoms with Crippen molar-refractivity contribution in [3.63, 3.8) is 0 Å². The summed E-state index contributed by atoms with van der Waals surface area (Å²) in [5.74, 6) is 0.933. The van der Waals surface area contributed by atoms with E-state index in [4.69, 9.17) is 10.5 Å². The summed E-state index contributed by atoms with van der Waals surface area (Å²) in [6.45, 7) is 11.4. The fourth-order valence-electron chi connectivity index (χ4n) is 2.80. The topological polar surface area (TPSA) is 40.2 Å². The van der Waals surface area contributed by atoms with Gasteiger partial charge in [0.25, 0.3) is 0 Å². The van der Waals surface area contributed by atoms with Gasteiger partial charge in [-0.05, 0) is 57.9 Å². The van der Waals surface area contributed by atoms with Gasteiger partial charge in [-0.2, -0.15) is 0 Å². The predicted molar refractivity (Wildman–Crippen MR) is 85.3 cm³/mol. The highest BCUT2D eigenvalue weighted by atomic mass is 16.5. The maximum Gasteiger partial charge on any atom is 0.120 e. The van der Waals surface area contributed by atoms with Crippen LogP contribution >= 0.6 is 0 Å². The van der Waals surface area contributed by atoms with Crippen molar-refractivity contribution in [2.45, 2.75) is 59.7 Å². The summed E-state index contributed by atoms with van der Waals surface area (Å²) in [5.41, 5.74) is 9.69. The zero-order valence-corrected chi connectivity index (χ0v) is 13.2. The van der Waals surface area contributed by atoms with E-state index in [0.717, 1.165) is 12.2 Å². The summed E-state index contributed by atoms with van der Waals surface area (Å²) >= 11 is 0. The van der Waals surface area contributed by atoms with Gasteiger partial charge in [0, 0.05) is 29.2 Å².